The van der Waals surface area contributed by atoms with E-state index in [0.717, 1.165) is 5.56 Å². The van der Waals surface area contributed by atoms with Gasteiger partial charge in [0.25, 0.3) is 5.91 Å². The number of pyridine rings is 1. The minimum atomic E-state index is -0.683. The minimum absolute atomic E-state index is 0.243. The van der Waals surface area contributed by atoms with Crippen LogP contribution in [-0.4, -0.2) is 17.0 Å². The summed E-state index contributed by atoms with van der Waals surface area (Å²) in [6.45, 7) is 3.67. The third-order valence-electron chi connectivity index (χ3n) is 1.89. The summed E-state index contributed by atoms with van der Waals surface area (Å²) in [6.07, 6.45) is 1.42. The van der Waals surface area contributed by atoms with E-state index in [0.29, 0.717) is 11.4 Å². The van der Waals surface area contributed by atoms with Crippen molar-refractivity contribution in [3.8, 4) is 5.88 Å². The molecule has 1 heterocycles. The van der Waals surface area contributed by atoms with Crippen molar-refractivity contribution >= 4 is 17.5 Å². The summed E-state index contributed by atoms with van der Waals surface area (Å²) in [4.78, 5) is 14.9. The maximum absolute atomic E-state index is 10.9. The lowest BCUT2D eigenvalue weighted by Gasteiger charge is -2.13. The highest BCUT2D eigenvalue weighted by atomic mass is 35.5. The van der Waals surface area contributed by atoms with Crippen LogP contribution < -0.4 is 10.5 Å². The van der Waals surface area contributed by atoms with Gasteiger partial charge in [-0.3, -0.25) is 4.79 Å². The number of aromatic nitrogens is 1. The number of hydrogen-bond acceptors (Lipinski definition) is 3. The van der Waals surface area contributed by atoms with Gasteiger partial charge in [0.2, 0.25) is 5.88 Å². The van der Waals surface area contributed by atoms with Crippen molar-refractivity contribution in [2.75, 3.05) is 0 Å². The van der Waals surface area contributed by atoms with E-state index >= 15 is 0 Å². The van der Waals surface area contributed by atoms with Gasteiger partial charge in [-0.1, -0.05) is 18.5 Å². The number of carbonyl (C=O) groups is 1. The molecule has 82 valence electrons. The molecule has 1 amide bonds. The number of nitrogens with two attached hydrogens (primary N) is 1. The van der Waals surface area contributed by atoms with Crippen molar-refractivity contribution < 1.29 is 9.53 Å². The predicted octanol–water partition coefficient (Wildman–Crippen LogP) is 1.69. The van der Waals surface area contributed by atoms with Crippen molar-refractivity contribution in [3.63, 3.8) is 0 Å². The van der Waals surface area contributed by atoms with Gasteiger partial charge in [-0.05, 0) is 25.0 Å². The van der Waals surface area contributed by atoms with Crippen LogP contribution in [0.25, 0.3) is 0 Å². The van der Waals surface area contributed by atoms with Gasteiger partial charge in [-0.25, -0.2) is 4.98 Å². The Morgan fingerprint density at radius 3 is 2.87 bits per heavy atom. The SMILES string of the molecule is CCC(Oc1ncc(C)cc1Cl)C(N)=O. The number of amides is 1. The molecule has 0 aliphatic carbocycles. The summed E-state index contributed by atoms with van der Waals surface area (Å²) in [5.41, 5.74) is 6.07. The minimum Gasteiger partial charge on any atom is -0.463 e. The molecule has 2 N–H and O–H groups in total. The van der Waals surface area contributed by atoms with E-state index in [9.17, 15) is 4.79 Å². The summed E-state index contributed by atoms with van der Waals surface area (Å²) in [7, 11) is 0. The Balaban J connectivity index is 2.84. The lowest BCUT2D eigenvalue weighted by Crippen LogP contribution is -2.33. The number of primary amides is 1. The molecule has 1 rings (SSSR count). The van der Waals surface area contributed by atoms with Gasteiger partial charge >= 0.3 is 0 Å². The zero-order valence-electron chi connectivity index (χ0n) is 8.66. The number of carbonyl (C=O) groups excluding carboxylic acids is 1. The van der Waals surface area contributed by atoms with Crippen LogP contribution in [0.3, 0.4) is 0 Å². The Morgan fingerprint density at radius 1 is 1.73 bits per heavy atom. The average Bonchev–Trinajstić information content (AvgIpc) is 2.16. The summed E-state index contributed by atoms with van der Waals surface area (Å²) >= 11 is 5.90. The van der Waals surface area contributed by atoms with E-state index in [1.165, 1.54) is 0 Å². The molecule has 1 unspecified atom stereocenters. The first-order valence-corrected chi connectivity index (χ1v) is 5.00. The zero-order chi connectivity index (χ0) is 11.4. The molecule has 1 atom stereocenters. The second kappa shape index (κ2) is 4.98. The molecular weight excluding hydrogens is 216 g/mol. The number of halogens is 1. The van der Waals surface area contributed by atoms with E-state index < -0.39 is 12.0 Å². The maximum atomic E-state index is 10.9. The lowest BCUT2D eigenvalue weighted by atomic mass is 10.2. The van der Waals surface area contributed by atoms with Gasteiger partial charge in [0, 0.05) is 6.20 Å². The Labute approximate surface area is 93.4 Å². The first kappa shape index (κ1) is 11.8. The molecule has 0 saturated heterocycles. The highest BCUT2D eigenvalue weighted by molar-refractivity contribution is 6.31. The number of hydrogen-bond donors (Lipinski definition) is 1. The fraction of sp³-hybridized carbons (Fsp3) is 0.400. The average molecular weight is 229 g/mol. The molecule has 4 nitrogen and oxygen atoms in total. The Hall–Kier alpha value is -1.29. The normalized spacial score (nSPS) is 12.2. The van der Waals surface area contributed by atoms with Gasteiger partial charge in [0.15, 0.2) is 6.10 Å². The van der Waals surface area contributed by atoms with Crippen molar-refractivity contribution in [2.24, 2.45) is 5.73 Å². The topological polar surface area (TPSA) is 65.2 Å². The molecule has 0 aromatic carbocycles. The van der Waals surface area contributed by atoms with Crippen LogP contribution in [0.1, 0.15) is 18.9 Å². The monoisotopic (exact) mass is 228 g/mol. The molecule has 0 radical (unpaired) electrons. The smallest absolute Gasteiger partial charge is 0.258 e. The first-order valence-electron chi connectivity index (χ1n) is 4.62. The fourth-order valence-electron chi connectivity index (χ4n) is 1.09. The second-order valence-corrected chi connectivity index (χ2v) is 3.62. The number of nitrogens with zero attached hydrogens (tertiary/aromatic N) is 1. The van der Waals surface area contributed by atoms with E-state index in [-0.39, 0.29) is 5.88 Å². The van der Waals surface area contributed by atoms with E-state index in [2.05, 4.69) is 4.98 Å². The van der Waals surface area contributed by atoms with Crippen LogP contribution >= 0.6 is 11.6 Å². The number of rotatable bonds is 4. The zero-order valence-corrected chi connectivity index (χ0v) is 9.41. The maximum Gasteiger partial charge on any atom is 0.258 e. The van der Waals surface area contributed by atoms with Crippen molar-refractivity contribution in [1.29, 1.82) is 0 Å². The van der Waals surface area contributed by atoms with Gasteiger partial charge in [-0.15, -0.1) is 0 Å². The summed E-state index contributed by atoms with van der Waals surface area (Å²) < 4.78 is 5.29. The van der Waals surface area contributed by atoms with Gasteiger partial charge in [0.05, 0.1) is 0 Å². The van der Waals surface area contributed by atoms with E-state index in [1.807, 2.05) is 6.92 Å². The molecule has 0 saturated carbocycles. The third kappa shape index (κ3) is 3.09. The molecule has 0 aliphatic rings. The number of aryl methyl sites for hydroxylation is 1. The van der Waals surface area contributed by atoms with E-state index in [1.54, 1.807) is 19.2 Å². The van der Waals surface area contributed by atoms with Crippen molar-refractivity contribution in [3.05, 3.63) is 22.8 Å². The van der Waals surface area contributed by atoms with Gasteiger partial charge < -0.3 is 10.5 Å². The molecule has 15 heavy (non-hydrogen) atoms. The third-order valence-corrected chi connectivity index (χ3v) is 2.16. The quantitative estimate of drug-likeness (QED) is 0.853. The highest BCUT2D eigenvalue weighted by Gasteiger charge is 2.16. The molecule has 0 bridgehead atoms. The highest BCUT2D eigenvalue weighted by Crippen LogP contribution is 2.23. The molecule has 1 aromatic rings. The molecule has 0 fully saturated rings. The summed E-state index contributed by atoms with van der Waals surface area (Å²) in [6, 6.07) is 1.72. The predicted molar refractivity (Wildman–Crippen MR) is 57.9 cm³/mol. The Morgan fingerprint density at radius 2 is 2.40 bits per heavy atom. The molecule has 0 aliphatic heterocycles. The van der Waals surface area contributed by atoms with Gasteiger partial charge in [0.1, 0.15) is 5.02 Å². The van der Waals surface area contributed by atoms with Crippen molar-refractivity contribution in [2.45, 2.75) is 26.4 Å². The van der Waals surface area contributed by atoms with Crippen LogP contribution in [0.2, 0.25) is 5.02 Å². The Kier molecular flexibility index (Phi) is 3.91. The van der Waals surface area contributed by atoms with E-state index in [4.69, 9.17) is 22.1 Å². The lowest BCUT2D eigenvalue weighted by molar-refractivity contribution is -0.124. The fourth-order valence-corrected chi connectivity index (χ4v) is 1.35. The molecule has 1 aromatic heterocycles. The molecule has 5 heteroatoms. The summed E-state index contributed by atoms with van der Waals surface area (Å²) in [5.74, 6) is -0.274. The van der Waals surface area contributed by atoms with Crippen LogP contribution in [0.15, 0.2) is 12.3 Å². The molecular formula is C10H13ClN2O2. The van der Waals surface area contributed by atoms with Crippen LogP contribution in [0.5, 0.6) is 5.88 Å². The molecule has 0 spiro atoms. The van der Waals surface area contributed by atoms with Crippen LogP contribution in [-0.2, 0) is 4.79 Å². The standard InChI is InChI=1S/C10H13ClN2O2/c1-3-8(9(12)14)15-10-7(11)4-6(2)5-13-10/h4-5,8H,3H2,1-2H3,(H2,12,14). The summed E-state index contributed by atoms with van der Waals surface area (Å²) in [5, 5.41) is 0.384. The number of ether oxygens (including phenoxy) is 1. The largest absolute Gasteiger partial charge is 0.463 e. The van der Waals surface area contributed by atoms with Crippen molar-refractivity contribution in [1.82, 2.24) is 4.98 Å². The Bertz CT molecular complexity index is 368. The van der Waals surface area contributed by atoms with Crippen LogP contribution in [0.4, 0.5) is 0 Å². The second-order valence-electron chi connectivity index (χ2n) is 3.22. The first-order chi connectivity index (χ1) is 7.04. The van der Waals surface area contributed by atoms with Crippen LogP contribution in [0, 0.1) is 6.92 Å². The van der Waals surface area contributed by atoms with Gasteiger partial charge in [-0.2, -0.15) is 0 Å².